The van der Waals surface area contributed by atoms with Gasteiger partial charge in [0.2, 0.25) is 10.0 Å². The van der Waals surface area contributed by atoms with Gasteiger partial charge in [0, 0.05) is 13.6 Å². The summed E-state index contributed by atoms with van der Waals surface area (Å²) in [4.78, 5) is 10.8. The number of rotatable bonds is 6. The zero-order valence-corrected chi connectivity index (χ0v) is 13.2. The number of likely N-dealkylation sites (N-methyl/N-ethyl adjacent to an activating group) is 1. The summed E-state index contributed by atoms with van der Waals surface area (Å²) in [7, 11) is -1.92. The van der Waals surface area contributed by atoms with Crippen LogP contribution in [0.1, 0.15) is 22.3 Å². The van der Waals surface area contributed by atoms with Crippen LogP contribution >= 0.6 is 0 Å². The molecule has 0 aliphatic carbocycles. The van der Waals surface area contributed by atoms with E-state index in [0.29, 0.717) is 25.3 Å². The van der Waals surface area contributed by atoms with Crippen molar-refractivity contribution in [3.05, 3.63) is 47.0 Å². The summed E-state index contributed by atoms with van der Waals surface area (Å²) >= 11 is 0. The van der Waals surface area contributed by atoms with Gasteiger partial charge in [0.05, 0.1) is 24.5 Å². The Morgan fingerprint density at radius 1 is 1.32 bits per heavy atom. The highest BCUT2D eigenvalue weighted by molar-refractivity contribution is 7.88. The Morgan fingerprint density at radius 2 is 2.00 bits per heavy atom. The van der Waals surface area contributed by atoms with Crippen LogP contribution in [0.4, 0.5) is 0 Å². The molecule has 2 rings (SSSR count). The fourth-order valence-electron chi connectivity index (χ4n) is 2.17. The van der Waals surface area contributed by atoms with Crippen LogP contribution in [0.3, 0.4) is 0 Å². The van der Waals surface area contributed by atoms with E-state index in [2.05, 4.69) is 0 Å². The molecule has 1 aromatic carbocycles. The Kier molecular flexibility index (Phi) is 5.33. The van der Waals surface area contributed by atoms with Crippen molar-refractivity contribution < 1.29 is 23.1 Å². The van der Waals surface area contributed by atoms with Gasteiger partial charge >= 0.3 is 5.97 Å². The average molecular weight is 325 g/mol. The second-order valence-electron chi connectivity index (χ2n) is 5.22. The lowest BCUT2D eigenvalue weighted by molar-refractivity contribution is 0.0697. The van der Waals surface area contributed by atoms with Crippen LogP contribution in [0.2, 0.25) is 0 Å². The van der Waals surface area contributed by atoms with Gasteiger partial charge in [-0.3, -0.25) is 0 Å². The number of sulfonamides is 1. The van der Waals surface area contributed by atoms with Gasteiger partial charge < -0.3 is 9.84 Å². The minimum Gasteiger partial charge on any atom is -0.478 e. The topological polar surface area (TPSA) is 83.9 Å². The first-order valence-corrected chi connectivity index (χ1v) is 8.51. The van der Waals surface area contributed by atoms with Crippen molar-refractivity contribution in [1.29, 1.82) is 0 Å². The number of aromatic carboxylic acids is 1. The highest BCUT2D eigenvalue weighted by Crippen LogP contribution is 2.14. The summed E-state index contributed by atoms with van der Waals surface area (Å²) in [6, 6.07) is 5.87. The molecule has 0 atom stereocenters. The van der Waals surface area contributed by atoms with E-state index in [4.69, 9.17) is 9.84 Å². The molecule has 0 spiro atoms. The van der Waals surface area contributed by atoms with Gasteiger partial charge in [-0.2, -0.15) is 0 Å². The molecule has 1 aliphatic rings. The third kappa shape index (κ3) is 4.40. The fraction of sp³-hybridized carbons (Fsp3) is 0.400. The Bertz CT molecular complexity index is 664. The minimum atomic E-state index is -3.46. The van der Waals surface area contributed by atoms with E-state index in [-0.39, 0.29) is 11.3 Å². The number of hydrogen-bond donors (Lipinski definition) is 1. The molecule has 120 valence electrons. The van der Waals surface area contributed by atoms with Gasteiger partial charge in [-0.25, -0.2) is 17.5 Å². The van der Waals surface area contributed by atoms with Crippen LogP contribution in [0.25, 0.3) is 0 Å². The first-order chi connectivity index (χ1) is 10.4. The van der Waals surface area contributed by atoms with Crippen molar-refractivity contribution in [3.63, 3.8) is 0 Å². The number of benzene rings is 1. The molecule has 0 saturated carbocycles. The summed E-state index contributed by atoms with van der Waals surface area (Å²) in [6.45, 7) is 1.46. The zero-order chi connectivity index (χ0) is 16.2. The summed E-state index contributed by atoms with van der Waals surface area (Å²) in [5.74, 6) is -1.19. The molecular formula is C15H19NO5S. The van der Waals surface area contributed by atoms with E-state index >= 15 is 0 Å². The predicted octanol–water partition coefficient (Wildman–Crippen LogP) is 1.49. The van der Waals surface area contributed by atoms with Gasteiger partial charge in [0.25, 0.3) is 0 Å². The van der Waals surface area contributed by atoms with Crippen molar-refractivity contribution in [2.45, 2.75) is 12.2 Å². The number of carboxylic acid groups (broad SMARTS) is 1. The lowest BCUT2D eigenvalue weighted by Crippen LogP contribution is -2.31. The second kappa shape index (κ2) is 7.04. The molecule has 0 bridgehead atoms. The maximum atomic E-state index is 12.3. The molecule has 22 heavy (non-hydrogen) atoms. The molecule has 1 aliphatic heterocycles. The van der Waals surface area contributed by atoms with Crippen LogP contribution in [0, 0.1) is 0 Å². The quantitative estimate of drug-likeness (QED) is 0.801. The fourth-order valence-corrected chi connectivity index (χ4v) is 3.36. The molecule has 1 aromatic rings. The third-order valence-corrected chi connectivity index (χ3v) is 5.21. The van der Waals surface area contributed by atoms with Crippen molar-refractivity contribution >= 4 is 16.0 Å². The lowest BCUT2D eigenvalue weighted by atomic mass is 10.1. The van der Waals surface area contributed by atoms with E-state index < -0.39 is 16.0 Å². The van der Waals surface area contributed by atoms with Gasteiger partial charge in [-0.15, -0.1) is 0 Å². The summed E-state index contributed by atoms with van der Waals surface area (Å²) in [6.07, 6.45) is 2.82. The summed E-state index contributed by atoms with van der Waals surface area (Å²) < 4.78 is 31.3. The van der Waals surface area contributed by atoms with Crippen LogP contribution in [0.15, 0.2) is 35.9 Å². The number of hydrogen-bond acceptors (Lipinski definition) is 4. The zero-order valence-electron chi connectivity index (χ0n) is 12.4. The second-order valence-corrected chi connectivity index (χ2v) is 7.29. The van der Waals surface area contributed by atoms with Gasteiger partial charge in [0.15, 0.2) is 0 Å². The normalized spacial score (nSPS) is 15.6. The predicted molar refractivity (Wildman–Crippen MR) is 82.2 cm³/mol. The Labute approximate surface area is 130 Å². The van der Waals surface area contributed by atoms with Crippen molar-refractivity contribution in [1.82, 2.24) is 4.31 Å². The van der Waals surface area contributed by atoms with Crippen molar-refractivity contribution in [2.24, 2.45) is 0 Å². The van der Waals surface area contributed by atoms with E-state index in [1.165, 1.54) is 35.6 Å². The monoisotopic (exact) mass is 325 g/mol. The molecule has 7 heteroatoms. The van der Waals surface area contributed by atoms with Gasteiger partial charge in [0.1, 0.15) is 0 Å². The van der Waals surface area contributed by atoms with Crippen LogP contribution < -0.4 is 0 Å². The Balaban J connectivity index is 2.03. The van der Waals surface area contributed by atoms with Crippen LogP contribution in [0.5, 0.6) is 0 Å². The van der Waals surface area contributed by atoms with Crippen molar-refractivity contribution in [2.75, 3.05) is 26.8 Å². The Morgan fingerprint density at radius 3 is 2.55 bits per heavy atom. The van der Waals surface area contributed by atoms with E-state index in [1.807, 2.05) is 6.08 Å². The number of carboxylic acids is 1. The smallest absolute Gasteiger partial charge is 0.335 e. The SMILES string of the molecule is CN(CC1=CCCOC1)S(=O)(=O)Cc1ccc(C(=O)O)cc1. The molecule has 0 aromatic heterocycles. The van der Waals surface area contributed by atoms with Crippen molar-refractivity contribution in [3.8, 4) is 0 Å². The number of carbonyl (C=O) groups is 1. The lowest BCUT2D eigenvalue weighted by Gasteiger charge is -2.21. The molecule has 0 amide bonds. The first kappa shape index (κ1) is 16.7. The molecule has 0 unspecified atom stereocenters. The standard InChI is InChI=1S/C15H19NO5S/c1-16(9-13-3-2-8-21-10-13)22(19,20)11-12-4-6-14(7-5-12)15(17)18/h3-7H,2,8-11H2,1H3,(H,17,18). The molecule has 6 nitrogen and oxygen atoms in total. The summed E-state index contributed by atoms with van der Waals surface area (Å²) in [5.41, 5.74) is 1.66. The molecule has 0 radical (unpaired) electrons. The largest absolute Gasteiger partial charge is 0.478 e. The van der Waals surface area contributed by atoms with E-state index in [0.717, 1.165) is 12.0 Å². The number of ether oxygens (including phenoxy) is 1. The third-order valence-electron chi connectivity index (χ3n) is 3.43. The molecule has 1 heterocycles. The maximum Gasteiger partial charge on any atom is 0.335 e. The maximum absolute atomic E-state index is 12.3. The average Bonchev–Trinajstić information content (AvgIpc) is 2.48. The van der Waals surface area contributed by atoms with Crippen LogP contribution in [-0.4, -0.2) is 50.6 Å². The van der Waals surface area contributed by atoms with Crippen LogP contribution in [-0.2, 0) is 20.5 Å². The molecule has 0 saturated heterocycles. The molecule has 0 fully saturated rings. The minimum absolute atomic E-state index is 0.138. The highest BCUT2D eigenvalue weighted by atomic mass is 32.2. The Hall–Kier alpha value is -1.70. The summed E-state index contributed by atoms with van der Waals surface area (Å²) in [5, 5.41) is 8.83. The molecular weight excluding hydrogens is 306 g/mol. The molecule has 1 N–H and O–H groups in total. The van der Waals surface area contributed by atoms with E-state index in [9.17, 15) is 13.2 Å². The van der Waals surface area contributed by atoms with Gasteiger partial charge in [-0.1, -0.05) is 18.2 Å². The van der Waals surface area contributed by atoms with E-state index in [1.54, 1.807) is 0 Å². The number of nitrogens with zero attached hydrogens (tertiary/aromatic N) is 1. The highest BCUT2D eigenvalue weighted by Gasteiger charge is 2.20. The van der Waals surface area contributed by atoms with Gasteiger partial charge in [-0.05, 0) is 29.7 Å². The first-order valence-electron chi connectivity index (χ1n) is 6.90.